The Morgan fingerprint density at radius 2 is 1.41 bits per heavy atom. The molecule has 0 aliphatic heterocycles. The minimum atomic E-state index is -0.581. The van der Waals surface area contributed by atoms with Gasteiger partial charge < -0.3 is 4.84 Å². The van der Waals surface area contributed by atoms with Crippen LogP contribution in [-0.2, 0) is 4.84 Å². The summed E-state index contributed by atoms with van der Waals surface area (Å²) in [7, 11) is 0. The summed E-state index contributed by atoms with van der Waals surface area (Å²) in [5.41, 5.74) is 1.82. The first kappa shape index (κ1) is 26.8. The van der Waals surface area contributed by atoms with Crippen molar-refractivity contribution in [3.05, 3.63) is 118 Å². The molecular formula is C32H27NO4S2. The number of Topliss-reactive ketones (excluding diaryl/α,β-unsaturated/α-hetero) is 1. The summed E-state index contributed by atoms with van der Waals surface area (Å²) < 4.78 is 0. The summed E-state index contributed by atoms with van der Waals surface area (Å²) in [5, 5.41) is 5.95. The number of oxime groups is 1. The summed E-state index contributed by atoms with van der Waals surface area (Å²) in [6, 6.07) is 27.2. The molecule has 196 valence electrons. The second-order valence-electron chi connectivity index (χ2n) is 9.42. The zero-order valence-electron chi connectivity index (χ0n) is 21.2. The number of nitrogens with zero attached hydrogens (tertiary/aromatic N) is 1. The van der Waals surface area contributed by atoms with E-state index in [0.29, 0.717) is 29.0 Å². The molecule has 0 spiro atoms. The van der Waals surface area contributed by atoms with E-state index in [0.717, 1.165) is 40.4 Å². The number of hydrogen-bond acceptors (Lipinski definition) is 7. The highest BCUT2D eigenvalue weighted by atomic mass is 32.2. The second-order valence-corrected chi connectivity index (χ2v) is 11.5. The molecule has 4 aromatic rings. The van der Waals surface area contributed by atoms with Gasteiger partial charge >= 0.3 is 5.97 Å². The number of hydrogen-bond donors (Lipinski definition) is 0. The van der Waals surface area contributed by atoms with Crippen LogP contribution in [0, 0.1) is 5.92 Å². The number of rotatable bonds is 10. The summed E-state index contributed by atoms with van der Waals surface area (Å²) in [4.78, 5) is 46.2. The van der Waals surface area contributed by atoms with Crippen LogP contribution in [0.25, 0.3) is 0 Å². The van der Waals surface area contributed by atoms with Crippen LogP contribution in [0.4, 0.5) is 0 Å². The molecule has 1 saturated carbocycles. The highest BCUT2D eigenvalue weighted by molar-refractivity contribution is 7.99. The molecule has 1 heterocycles. The molecule has 0 amide bonds. The number of carbonyl (C=O) groups is 3. The molecule has 0 N–H and O–H groups in total. The summed E-state index contributed by atoms with van der Waals surface area (Å²) in [5.74, 6) is -0.417. The Morgan fingerprint density at radius 3 is 2.03 bits per heavy atom. The molecule has 1 aliphatic carbocycles. The van der Waals surface area contributed by atoms with E-state index in [4.69, 9.17) is 4.84 Å². The smallest absolute Gasteiger partial charge is 0.312 e. The topological polar surface area (TPSA) is 72.8 Å². The van der Waals surface area contributed by atoms with Gasteiger partial charge in [-0.2, -0.15) is 0 Å². The first-order valence-electron chi connectivity index (χ1n) is 12.9. The third-order valence-electron chi connectivity index (χ3n) is 6.68. The van der Waals surface area contributed by atoms with Gasteiger partial charge in [-0.15, -0.1) is 11.3 Å². The van der Waals surface area contributed by atoms with Crippen molar-refractivity contribution in [3.63, 3.8) is 0 Å². The first-order valence-corrected chi connectivity index (χ1v) is 14.6. The predicted molar refractivity (Wildman–Crippen MR) is 155 cm³/mol. The molecule has 5 rings (SSSR count). The van der Waals surface area contributed by atoms with E-state index in [1.54, 1.807) is 48.2 Å². The van der Waals surface area contributed by atoms with Crippen molar-refractivity contribution in [1.82, 2.24) is 0 Å². The van der Waals surface area contributed by atoms with Gasteiger partial charge in [0.2, 0.25) is 11.6 Å². The Kier molecular flexibility index (Phi) is 8.81. The summed E-state index contributed by atoms with van der Waals surface area (Å²) in [6.45, 7) is 0. The maximum atomic E-state index is 13.4. The monoisotopic (exact) mass is 553 g/mol. The summed E-state index contributed by atoms with van der Waals surface area (Å²) in [6.07, 6.45) is 4.88. The Labute approximate surface area is 235 Å². The lowest BCUT2D eigenvalue weighted by Crippen LogP contribution is -2.19. The average molecular weight is 554 g/mol. The first-order chi connectivity index (χ1) is 19.1. The molecular weight excluding hydrogens is 526 g/mol. The van der Waals surface area contributed by atoms with Crippen LogP contribution in [0.15, 0.2) is 111 Å². The summed E-state index contributed by atoms with van der Waals surface area (Å²) >= 11 is 2.99. The maximum Gasteiger partial charge on any atom is 0.365 e. The molecule has 1 aliphatic rings. The Balaban J connectivity index is 1.26. The quantitative estimate of drug-likeness (QED) is 0.0858. The second kappa shape index (κ2) is 12.8. The van der Waals surface area contributed by atoms with Crippen LogP contribution in [0.1, 0.15) is 68.1 Å². The number of thiophene rings is 1. The van der Waals surface area contributed by atoms with Crippen LogP contribution in [0.3, 0.4) is 0 Å². The van der Waals surface area contributed by atoms with Gasteiger partial charge in [0.1, 0.15) is 5.71 Å². The molecule has 3 aromatic carbocycles. The normalized spacial score (nSPS) is 13.8. The third kappa shape index (κ3) is 6.99. The molecule has 5 nitrogen and oxygen atoms in total. The van der Waals surface area contributed by atoms with Crippen LogP contribution in [0.2, 0.25) is 0 Å². The largest absolute Gasteiger partial charge is 0.365 e. The lowest BCUT2D eigenvalue weighted by atomic mass is 9.96. The molecule has 0 radical (unpaired) electrons. The van der Waals surface area contributed by atoms with E-state index < -0.39 is 5.97 Å². The fraction of sp³-hybridized carbons (Fsp3) is 0.188. The van der Waals surface area contributed by atoms with Crippen LogP contribution in [-0.4, -0.2) is 23.2 Å². The third-order valence-corrected chi connectivity index (χ3v) is 8.57. The fourth-order valence-electron chi connectivity index (χ4n) is 4.58. The molecule has 0 atom stereocenters. The van der Waals surface area contributed by atoms with Crippen molar-refractivity contribution >= 4 is 46.3 Å². The standard InChI is InChI=1S/C32H27NO4S2/c34-30(28(21-22-7-4-5-8-22)33-37-32(36)25-9-2-1-3-10-25)23-12-16-26(17-13-23)39-27-18-14-24(15-19-27)31(35)29-11-6-20-38-29/h1-3,6,9-20,22H,4-5,7-8,21H2/b33-28+. The van der Waals surface area contributed by atoms with Gasteiger partial charge in [0.25, 0.3) is 0 Å². The molecule has 0 bridgehead atoms. The predicted octanol–water partition coefficient (Wildman–Crippen LogP) is 8.11. The highest BCUT2D eigenvalue weighted by Gasteiger charge is 2.23. The highest BCUT2D eigenvalue weighted by Crippen LogP contribution is 2.30. The van der Waals surface area contributed by atoms with E-state index >= 15 is 0 Å². The van der Waals surface area contributed by atoms with Gasteiger partial charge in [-0.1, -0.05) is 66.9 Å². The number of benzene rings is 3. The number of ketones is 2. The van der Waals surface area contributed by atoms with Crippen LogP contribution < -0.4 is 0 Å². The van der Waals surface area contributed by atoms with E-state index in [9.17, 15) is 14.4 Å². The van der Waals surface area contributed by atoms with Crippen molar-refractivity contribution in [1.29, 1.82) is 0 Å². The van der Waals surface area contributed by atoms with E-state index in [-0.39, 0.29) is 17.3 Å². The SMILES string of the molecule is O=C(O/N=C(\CC1CCCC1)C(=O)c1ccc(Sc2ccc(C(=O)c3cccs3)cc2)cc1)c1ccccc1. The van der Waals surface area contributed by atoms with E-state index in [1.165, 1.54) is 11.3 Å². The van der Waals surface area contributed by atoms with Crippen LogP contribution >= 0.6 is 23.1 Å². The lowest BCUT2D eigenvalue weighted by Gasteiger charge is -2.11. The van der Waals surface area contributed by atoms with Crippen molar-refractivity contribution in [2.75, 3.05) is 0 Å². The van der Waals surface area contributed by atoms with Crippen molar-refractivity contribution < 1.29 is 19.2 Å². The zero-order valence-corrected chi connectivity index (χ0v) is 22.9. The average Bonchev–Trinajstić information content (AvgIpc) is 3.71. The molecule has 1 aromatic heterocycles. The molecule has 39 heavy (non-hydrogen) atoms. The molecule has 1 fully saturated rings. The van der Waals surface area contributed by atoms with Gasteiger partial charge in [-0.3, -0.25) is 9.59 Å². The molecule has 0 saturated heterocycles. The Bertz CT molecular complexity index is 1460. The zero-order chi connectivity index (χ0) is 27.0. The van der Waals surface area contributed by atoms with Crippen molar-refractivity contribution in [2.24, 2.45) is 11.1 Å². The van der Waals surface area contributed by atoms with Crippen molar-refractivity contribution in [3.8, 4) is 0 Å². The van der Waals surface area contributed by atoms with Crippen molar-refractivity contribution in [2.45, 2.75) is 41.9 Å². The van der Waals surface area contributed by atoms with Gasteiger partial charge in [-0.05, 0) is 84.4 Å². The Hall–Kier alpha value is -3.81. The number of carbonyl (C=O) groups excluding carboxylic acids is 3. The minimum Gasteiger partial charge on any atom is -0.312 e. The van der Waals surface area contributed by atoms with Gasteiger partial charge in [-0.25, -0.2) is 4.79 Å². The Morgan fingerprint density at radius 1 is 0.769 bits per heavy atom. The molecule has 7 heteroatoms. The van der Waals surface area contributed by atoms with Gasteiger partial charge in [0.05, 0.1) is 10.4 Å². The van der Waals surface area contributed by atoms with E-state index in [2.05, 4.69) is 5.16 Å². The lowest BCUT2D eigenvalue weighted by molar-refractivity contribution is 0.0514. The minimum absolute atomic E-state index is 0.0222. The van der Waals surface area contributed by atoms with E-state index in [1.807, 2.05) is 60.0 Å². The fourth-order valence-corrected chi connectivity index (χ4v) is 6.09. The maximum absolute atomic E-state index is 13.4. The van der Waals surface area contributed by atoms with Gasteiger partial charge in [0.15, 0.2) is 0 Å². The molecule has 0 unspecified atom stereocenters. The van der Waals surface area contributed by atoms with Crippen LogP contribution in [0.5, 0.6) is 0 Å². The van der Waals surface area contributed by atoms with Gasteiger partial charge in [0, 0.05) is 20.9 Å².